The summed E-state index contributed by atoms with van der Waals surface area (Å²) in [4.78, 5) is 20.6. The second kappa shape index (κ2) is 8.84. The smallest absolute Gasteiger partial charge is 0.237 e. The Morgan fingerprint density at radius 3 is 2.41 bits per heavy atom. The van der Waals surface area contributed by atoms with E-state index in [-0.39, 0.29) is 11.2 Å². The molecule has 6 heteroatoms. The average Bonchev–Trinajstić information content (AvgIpc) is 3.16. The molecule has 0 aliphatic carbocycles. The zero-order valence-electron chi connectivity index (χ0n) is 16.0. The van der Waals surface area contributed by atoms with Crippen LogP contribution < -0.4 is 10.1 Å². The summed E-state index contributed by atoms with van der Waals surface area (Å²) in [7, 11) is 0. The van der Waals surface area contributed by atoms with Gasteiger partial charge in [0.05, 0.1) is 16.3 Å². The number of benzene rings is 3. The second-order valence-corrected chi connectivity index (χ2v) is 7.69. The van der Waals surface area contributed by atoms with Crippen LogP contribution in [0.3, 0.4) is 0 Å². The van der Waals surface area contributed by atoms with Gasteiger partial charge in [0, 0.05) is 5.69 Å². The van der Waals surface area contributed by atoms with Crippen molar-refractivity contribution in [2.75, 3.05) is 5.32 Å². The van der Waals surface area contributed by atoms with E-state index in [0.717, 1.165) is 33.4 Å². The van der Waals surface area contributed by atoms with Gasteiger partial charge in [-0.25, -0.2) is 4.98 Å². The largest absolute Gasteiger partial charge is 0.457 e. The normalized spacial score (nSPS) is 11.9. The number of fused-ring (bicyclic) bond motifs is 1. The molecule has 0 aliphatic heterocycles. The molecule has 1 amide bonds. The Kier molecular flexibility index (Phi) is 5.81. The van der Waals surface area contributed by atoms with Crippen LogP contribution in [0.1, 0.15) is 13.3 Å². The van der Waals surface area contributed by atoms with E-state index in [1.165, 1.54) is 11.8 Å². The number of carbonyl (C=O) groups is 1. The number of amides is 1. The maximum atomic E-state index is 12.7. The first-order valence-electron chi connectivity index (χ1n) is 9.46. The Labute approximate surface area is 173 Å². The summed E-state index contributed by atoms with van der Waals surface area (Å²) >= 11 is 1.44. The van der Waals surface area contributed by atoms with Crippen LogP contribution in [0.25, 0.3) is 11.0 Å². The average molecular weight is 404 g/mol. The number of rotatable bonds is 7. The molecule has 0 fully saturated rings. The summed E-state index contributed by atoms with van der Waals surface area (Å²) in [5, 5.41) is 3.49. The highest BCUT2D eigenvalue weighted by Gasteiger charge is 2.20. The van der Waals surface area contributed by atoms with Crippen LogP contribution in [-0.2, 0) is 4.79 Å². The minimum Gasteiger partial charge on any atom is -0.457 e. The maximum Gasteiger partial charge on any atom is 0.237 e. The monoisotopic (exact) mass is 403 g/mol. The number of hydrogen-bond donors (Lipinski definition) is 2. The van der Waals surface area contributed by atoms with E-state index < -0.39 is 0 Å². The van der Waals surface area contributed by atoms with Crippen molar-refractivity contribution in [1.82, 2.24) is 9.97 Å². The Morgan fingerprint density at radius 2 is 1.69 bits per heavy atom. The van der Waals surface area contributed by atoms with Gasteiger partial charge >= 0.3 is 0 Å². The third-order valence-electron chi connectivity index (χ3n) is 4.39. The predicted octanol–water partition coefficient (Wildman–Crippen LogP) is 5.86. The number of nitrogens with zero attached hydrogens (tertiary/aromatic N) is 1. The summed E-state index contributed by atoms with van der Waals surface area (Å²) in [5.41, 5.74) is 2.61. The lowest BCUT2D eigenvalue weighted by molar-refractivity contribution is -0.115. The van der Waals surface area contributed by atoms with E-state index in [1.807, 2.05) is 85.8 Å². The van der Waals surface area contributed by atoms with E-state index >= 15 is 0 Å². The molecular formula is C23H21N3O2S. The molecule has 3 aromatic carbocycles. The molecule has 1 heterocycles. The number of H-pyrrole nitrogens is 1. The summed E-state index contributed by atoms with van der Waals surface area (Å²) < 4.78 is 5.79. The fourth-order valence-electron chi connectivity index (χ4n) is 2.90. The van der Waals surface area contributed by atoms with Gasteiger partial charge in [-0.3, -0.25) is 4.79 Å². The summed E-state index contributed by atoms with van der Waals surface area (Å²) in [6.45, 7) is 2.00. The minimum atomic E-state index is -0.240. The molecule has 5 nitrogen and oxygen atoms in total. The van der Waals surface area contributed by atoms with Crippen molar-refractivity contribution in [1.29, 1.82) is 0 Å². The van der Waals surface area contributed by atoms with E-state index in [0.29, 0.717) is 6.42 Å². The van der Waals surface area contributed by atoms with E-state index in [4.69, 9.17) is 4.74 Å². The van der Waals surface area contributed by atoms with E-state index in [9.17, 15) is 4.79 Å². The van der Waals surface area contributed by atoms with Gasteiger partial charge < -0.3 is 15.0 Å². The van der Waals surface area contributed by atoms with Crippen molar-refractivity contribution >= 4 is 34.4 Å². The minimum absolute atomic E-state index is 0.0466. The van der Waals surface area contributed by atoms with Crippen LogP contribution in [0.2, 0.25) is 0 Å². The topological polar surface area (TPSA) is 67.0 Å². The van der Waals surface area contributed by atoms with Gasteiger partial charge in [0.25, 0.3) is 0 Å². The summed E-state index contributed by atoms with van der Waals surface area (Å²) in [6.07, 6.45) is 0.697. The molecule has 4 rings (SSSR count). The number of aromatic amines is 1. The Hall–Kier alpha value is -3.25. The lowest BCUT2D eigenvalue weighted by Gasteiger charge is -2.13. The lowest BCUT2D eigenvalue weighted by atomic mass is 10.2. The summed E-state index contributed by atoms with van der Waals surface area (Å²) in [6, 6.07) is 24.8. The van der Waals surface area contributed by atoms with Gasteiger partial charge in [-0.2, -0.15) is 0 Å². The SMILES string of the molecule is CCC(Sc1nc2ccccc2[nH]1)C(=O)Nc1ccc(Oc2ccccc2)cc1. The molecule has 4 aromatic rings. The summed E-state index contributed by atoms with van der Waals surface area (Å²) in [5.74, 6) is 1.45. The van der Waals surface area contributed by atoms with Crippen LogP contribution in [0.15, 0.2) is 84.0 Å². The van der Waals surface area contributed by atoms with Gasteiger partial charge in [0.1, 0.15) is 11.5 Å². The predicted molar refractivity (Wildman–Crippen MR) is 118 cm³/mol. The van der Waals surface area contributed by atoms with Crippen LogP contribution in [0.5, 0.6) is 11.5 Å². The number of nitrogens with one attached hydrogen (secondary N) is 2. The number of carbonyl (C=O) groups excluding carboxylic acids is 1. The molecule has 0 saturated carbocycles. The molecule has 146 valence electrons. The maximum absolute atomic E-state index is 12.7. The molecule has 0 spiro atoms. The molecule has 1 aromatic heterocycles. The first-order valence-corrected chi connectivity index (χ1v) is 10.3. The number of anilines is 1. The molecular weight excluding hydrogens is 382 g/mol. The fourth-order valence-corrected chi connectivity index (χ4v) is 3.82. The third kappa shape index (κ3) is 4.78. The van der Waals surface area contributed by atoms with Gasteiger partial charge in [0.15, 0.2) is 5.16 Å². The number of para-hydroxylation sites is 3. The van der Waals surface area contributed by atoms with Crippen molar-refractivity contribution < 1.29 is 9.53 Å². The molecule has 29 heavy (non-hydrogen) atoms. The Balaban J connectivity index is 1.39. The standard InChI is InChI=1S/C23H21N3O2S/c1-2-21(29-23-25-19-10-6-7-11-20(19)26-23)22(27)24-16-12-14-18(15-13-16)28-17-8-4-3-5-9-17/h3-15,21H,2H2,1H3,(H,24,27)(H,25,26). The van der Waals surface area contributed by atoms with Crippen molar-refractivity contribution in [3.63, 3.8) is 0 Å². The zero-order chi connectivity index (χ0) is 20.1. The highest BCUT2D eigenvalue weighted by atomic mass is 32.2. The van der Waals surface area contributed by atoms with Crippen molar-refractivity contribution in [2.45, 2.75) is 23.8 Å². The van der Waals surface area contributed by atoms with Gasteiger partial charge in [0.2, 0.25) is 5.91 Å². The fraction of sp³-hybridized carbons (Fsp3) is 0.130. The highest BCUT2D eigenvalue weighted by molar-refractivity contribution is 8.00. The molecule has 0 saturated heterocycles. The quantitative estimate of drug-likeness (QED) is 0.379. The second-order valence-electron chi connectivity index (χ2n) is 6.50. The molecule has 0 bridgehead atoms. The van der Waals surface area contributed by atoms with E-state index in [1.54, 1.807) is 0 Å². The van der Waals surface area contributed by atoms with Crippen LogP contribution in [0, 0.1) is 0 Å². The van der Waals surface area contributed by atoms with Crippen LogP contribution in [-0.4, -0.2) is 21.1 Å². The molecule has 0 radical (unpaired) electrons. The first kappa shape index (κ1) is 19.1. The third-order valence-corrected chi connectivity index (χ3v) is 5.63. The van der Waals surface area contributed by atoms with Crippen LogP contribution in [0.4, 0.5) is 5.69 Å². The molecule has 1 unspecified atom stereocenters. The number of imidazole rings is 1. The number of ether oxygens (including phenoxy) is 1. The zero-order valence-corrected chi connectivity index (χ0v) is 16.8. The first-order chi connectivity index (χ1) is 14.2. The van der Waals surface area contributed by atoms with E-state index in [2.05, 4.69) is 15.3 Å². The number of hydrogen-bond acceptors (Lipinski definition) is 4. The van der Waals surface area contributed by atoms with Crippen LogP contribution >= 0.6 is 11.8 Å². The van der Waals surface area contributed by atoms with Crippen molar-refractivity contribution in [3.8, 4) is 11.5 Å². The number of aromatic nitrogens is 2. The van der Waals surface area contributed by atoms with Crippen molar-refractivity contribution in [2.24, 2.45) is 0 Å². The number of thioether (sulfide) groups is 1. The van der Waals surface area contributed by atoms with Crippen molar-refractivity contribution in [3.05, 3.63) is 78.9 Å². The highest BCUT2D eigenvalue weighted by Crippen LogP contribution is 2.27. The lowest BCUT2D eigenvalue weighted by Crippen LogP contribution is -2.24. The van der Waals surface area contributed by atoms with Gasteiger partial charge in [-0.15, -0.1) is 0 Å². The molecule has 2 N–H and O–H groups in total. The Bertz CT molecular complexity index is 1060. The molecule has 0 aliphatic rings. The van der Waals surface area contributed by atoms with Gasteiger partial charge in [-0.05, 0) is 55.0 Å². The van der Waals surface area contributed by atoms with Gasteiger partial charge in [-0.1, -0.05) is 49.0 Å². The Morgan fingerprint density at radius 1 is 1.00 bits per heavy atom. The molecule has 1 atom stereocenters.